The first-order valence-electron chi connectivity index (χ1n) is 12.6. The number of aromatic carboxylic acids is 1. The monoisotopic (exact) mass is 565 g/mol. The lowest BCUT2D eigenvalue weighted by molar-refractivity contribution is -0.144. The van der Waals surface area contributed by atoms with Gasteiger partial charge in [-0.15, -0.1) is 0 Å². The smallest absolute Gasteiger partial charge is 0.339 e. The summed E-state index contributed by atoms with van der Waals surface area (Å²) >= 11 is 0. The van der Waals surface area contributed by atoms with Gasteiger partial charge in [0.25, 0.3) is 5.91 Å². The second kappa shape index (κ2) is 13.7. The molecule has 0 aliphatic carbocycles. The number of nitrogen functional groups attached to an aromatic ring is 1. The van der Waals surface area contributed by atoms with Crippen molar-refractivity contribution in [1.82, 2.24) is 20.9 Å². The first-order valence-corrected chi connectivity index (χ1v) is 12.6. The number of aromatic nitrogens is 1. The second-order valence-corrected chi connectivity index (χ2v) is 9.32. The van der Waals surface area contributed by atoms with E-state index in [4.69, 9.17) is 10.5 Å². The van der Waals surface area contributed by atoms with Gasteiger partial charge in [0.15, 0.2) is 6.73 Å². The Morgan fingerprint density at radius 1 is 0.976 bits per heavy atom. The fourth-order valence-electron chi connectivity index (χ4n) is 3.81. The number of methoxy groups -OCH3 is 1. The Labute approximate surface area is 235 Å². The number of nitrogens with zero attached hydrogens (tertiary/aromatic N) is 1. The van der Waals surface area contributed by atoms with Crippen LogP contribution in [0.25, 0.3) is 10.9 Å². The molecular weight excluding hydrogens is 534 g/mol. The molecule has 2 aromatic carbocycles. The number of nitrogens with two attached hydrogens (primary N) is 1. The Morgan fingerprint density at radius 3 is 2.39 bits per heavy atom. The van der Waals surface area contributed by atoms with Gasteiger partial charge in [-0.1, -0.05) is 38.1 Å². The number of carbonyl (C=O) groups excluding carboxylic acids is 4. The molecule has 0 bridgehead atoms. The van der Waals surface area contributed by atoms with Crippen molar-refractivity contribution in [2.24, 2.45) is 5.92 Å². The molecule has 0 fully saturated rings. The zero-order valence-electron chi connectivity index (χ0n) is 22.7. The largest absolute Gasteiger partial charge is 0.478 e. The molecule has 0 saturated heterocycles. The van der Waals surface area contributed by atoms with Gasteiger partial charge in [0.05, 0.1) is 19.0 Å². The number of carbonyl (C=O) groups is 5. The minimum Gasteiger partial charge on any atom is -0.478 e. The average molecular weight is 566 g/mol. The third-order valence-corrected chi connectivity index (χ3v) is 6.01. The standard InChI is InChI=1S/C28H31N5O8/c1-15(2)24(33-26(36)20-10-8-16-6-4-5-7-19(16)31-20)27(37)32-21(13-23(34)40-3)25(35)30-14-41-22-11-9-17(29)12-18(22)28(38)39/h4-12,15,21,24H,13-14,29H2,1-3H3,(H,30,35)(H,32,37)(H,33,36)(H,38,39). The fraction of sp³-hybridized carbons (Fsp3) is 0.286. The van der Waals surface area contributed by atoms with Gasteiger partial charge in [0.2, 0.25) is 11.8 Å². The highest BCUT2D eigenvalue weighted by Gasteiger charge is 2.31. The normalized spacial score (nSPS) is 12.2. The molecule has 6 N–H and O–H groups in total. The topological polar surface area (TPSA) is 199 Å². The molecule has 0 aliphatic heterocycles. The highest BCUT2D eigenvalue weighted by molar-refractivity contribution is 5.99. The van der Waals surface area contributed by atoms with E-state index in [0.29, 0.717) is 5.52 Å². The molecule has 1 heterocycles. The van der Waals surface area contributed by atoms with Crippen LogP contribution in [0.2, 0.25) is 0 Å². The molecule has 0 aliphatic rings. The Morgan fingerprint density at radius 2 is 1.71 bits per heavy atom. The number of hydrogen-bond acceptors (Lipinski definition) is 9. The van der Waals surface area contributed by atoms with Gasteiger partial charge in [0.1, 0.15) is 29.1 Å². The van der Waals surface area contributed by atoms with Crippen LogP contribution in [0.3, 0.4) is 0 Å². The summed E-state index contributed by atoms with van der Waals surface area (Å²) < 4.78 is 10.0. The van der Waals surface area contributed by atoms with Gasteiger partial charge >= 0.3 is 11.9 Å². The molecule has 13 heteroatoms. The van der Waals surface area contributed by atoms with Gasteiger partial charge in [-0.3, -0.25) is 19.2 Å². The Kier molecular flexibility index (Phi) is 10.2. The fourth-order valence-corrected chi connectivity index (χ4v) is 3.81. The van der Waals surface area contributed by atoms with Crippen molar-refractivity contribution >= 4 is 46.3 Å². The van der Waals surface area contributed by atoms with Crippen LogP contribution >= 0.6 is 0 Å². The molecule has 2 unspecified atom stereocenters. The summed E-state index contributed by atoms with van der Waals surface area (Å²) in [6.45, 7) is 2.93. The van der Waals surface area contributed by atoms with E-state index >= 15 is 0 Å². The molecule has 3 rings (SSSR count). The summed E-state index contributed by atoms with van der Waals surface area (Å²) in [4.78, 5) is 66.8. The van der Waals surface area contributed by atoms with E-state index in [0.717, 1.165) is 12.5 Å². The number of pyridine rings is 1. The van der Waals surface area contributed by atoms with Crippen LogP contribution in [0, 0.1) is 5.92 Å². The lowest BCUT2D eigenvalue weighted by Crippen LogP contribution is -2.56. The molecule has 0 saturated carbocycles. The molecule has 216 valence electrons. The SMILES string of the molecule is COC(=O)CC(NC(=O)C(NC(=O)c1ccc2ccccc2n1)C(C)C)C(=O)NCOc1ccc(N)cc1C(=O)O. The number of anilines is 1. The maximum atomic E-state index is 13.2. The van der Waals surface area contributed by atoms with Crippen LogP contribution < -0.4 is 26.4 Å². The van der Waals surface area contributed by atoms with Crippen LogP contribution in [0.1, 0.15) is 41.1 Å². The van der Waals surface area contributed by atoms with Crippen LogP contribution in [-0.4, -0.2) is 65.7 Å². The summed E-state index contributed by atoms with van der Waals surface area (Å²) in [5, 5.41) is 17.7. The summed E-state index contributed by atoms with van der Waals surface area (Å²) in [5.41, 5.74) is 6.33. The molecule has 13 nitrogen and oxygen atoms in total. The van der Waals surface area contributed by atoms with E-state index < -0.39 is 60.8 Å². The van der Waals surface area contributed by atoms with Crippen molar-refractivity contribution < 1.29 is 38.6 Å². The predicted octanol–water partition coefficient (Wildman–Crippen LogP) is 1.47. The van der Waals surface area contributed by atoms with E-state index in [1.54, 1.807) is 32.0 Å². The van der Waals surface area contributed by atoms with Crippen molar-refractivity contribution in [3.8, 4) is 5.75 Å². The van der Waals surface area contributed by atoms with Gasteiger partial charge in [-0.2, -0.15) is 0 Å². The van der Waals surface area contributed by atoms with E-state index in [1.165, 1.54) is 24.3 Å². The molecule has 3 aromatic rings. The Hall–Kier alpha value is -5.20. The van der Waals surface area contributed by atoms with Gasteiger partial charge in [0, 0.05) is 11.1 Å². The Balaban J connectivity index is 1.69. The zero-order chi connectivity index (χ0) is 30.1. The number of benzene rings is 2. The number of fused-ring (bicyclic) bond motifs is 1. The molecule has 3 amide bonds. The van der Waals surface area contributed by atoms with Crippen molar-refractivity contribution in [1.29, 1.82) is 0 Å². The number of carboxylic acids is 1. The molecular formula is C28H31N5O8. The second-order valence-electron chi connectivity index (χ2n) is 9.32. The van der Waals surface area contributed by atoms with Gasteiger partial charge < -0.3 is 36.3 Å². The lowest BCUT2D eigenvalue weighted by atomic mass is 10.0. The number of rotatable bonds is 12. The maximum Gasteiger partial charge on any atom is 0.339 e. The van der Waals surface area contributed by atoms with Crippen LogP contribution in [0.15, 0.2) is 54.6 Å². The van der Waals surface area contributed by atoms with Crippen LogP contribution in [0.4, 0.5) is 5.69 Å². The molecule has 41 heavy (non-hydrogen) atoms. The zero-order valence-corrected chi connectivity index (χ0v) is 22.7. The summed E-state index contributed by atoms with van der Waals surface area (Å²) in [5.74, 6) is -4.62. The number of esters is 1. The van der Waals surface area contributed by atoms with Crippen LogP contribution in [0.5, 0.6) is 5.75 Å². The highest BCUT2D eigenvalue weighted by atomic mass is 16.5. The van der Waals surface area contributed by atoms with Crippen LogP contribution in [-0.2, 0) is 19.1 Å². The maximum absolute atomic E-state index is 13.2. The highest BCUT2D eigenvalue weighted by Crippen LogP contribution is 2.21. The Bertz CT molecular complexity index is 1460. The predicted molar refractivity (Wildman–Crippen MR) is 148 cm³/mol. The first-order chi connectivity index (χ1) is 19.5. The summed E-state index contributed by atoms with van der Waals surface area (Å²) in [6, 6.07) is 12.0. The van der Waals surface area contributed by atoms with Gasteiger partial charge in [-0.25, -0.2) is 9.78 Å². The third-order valence-electron chi connectivity index (χ3n) is 6.01. The third kappa shape index (κ3) is 8.14. The minimum absolute atomic E-state index is 0.0505. The van der Waals surface area contributed by atoms with Crippen molar-refractivity contribution in [2.75, 3.05) is 19.6 Å². The van der Waals surface area contributed by atoms with Crippen molar-refractivity contribution in [3.63, 3.8) is 0 Å². The number of amides is 3. The summed E-state index contributed by atoms with van der Waals surface area (Å²) in [6.07, 6.45) is -0.513. The molecule has 0 radical (unpaired) electrons. The van der Waals surface area contributed by atoms with E-state index in [9.17, 15) is 29.1 Å². The van der Waals surface area contributed by atoms with Crippen molar-refractivity contribution in [2.45, 2.75) is 32.4 Å². The van der Waals surface area contributed by atoms with Gasteiger partial charge in [-0.05, 0) is 36.2 Å². The number of ether oxygens (including phenoxy) is 2. The van der Waals surface area contributed by atoms with E-state index in [1.807, 2.05) is 12.1 Å². The summed E-state index contributed by atoms with van der Waals surface area (Å²) in [7, 11) is 1.13. The van der Waals surface area contributed by atoms with E-state index in [-0.39, 0.29) is 22.7 Å². The number of hydrogen-bond donors (Lipinski definition) is 5. The number of carboxylic acid groups (broad SMARTS) is 1. The molecule has 2 atom stereocenters. The minimum atomic E-state index is -1.39. The lowest BCUT2D eigenvalue weighted by Gasteiger charge is -2.25. The van der Waals surface area contributed by atoms with Crippen molar-refractivity contribution in [3.05, 3.63) is 65.9 Å². The molecule has 1 aromatic heterocycles. The number of para-hydroxylation sites is 1. The average Bonchev–Trinajstić information content (AvgIpc) is 2.95. The van der Waals surface area contributed by atoms with E-state index in [2.05, 4.69) is 25.7 Å². The molecule has 0 spiro atoms. The number of nitrogens with one attached hydrogen (secondary N) is 3. The first kappa shape index (κ1) is 30.3. The quantitative estimate of drug-likeness (QED) is 0.122.